The Morgan fingerprint density at radius 2 is 2.24 bits per heavy atom. The first-order chi connectivity index (χ1) is 8.10. The molecule has 1 heterocycles. The number of carbonyl (C=O) groups excluding carboxylic acids is 1. The number of aromatic amines is 1. The fraction of sp³-hybridized carbons (Fsp3) is 0.167. The number of H-pyrrole nitrogens is 1. The zero-order valence-corrected chi connectivity index (χ0v) is 9.53. The smallest absolute Gasteiger partial charge is 0.408 e. The van der Waals surface area contributed by atoms with E-state index in [4.69, 9.17) is 4.42 Å². The molecule has 0 saturated carbocycles. The average molecular weight is 232 g/mol. The summed E-state index contributed by atoms with van der Waals surface area (Å²) in [5.41, 5.74) is 2.55. The molecule has 0 saturated heterocycles. The van der Waals surface area contributed by atoms with Crippen molar-refractivity contribution in [2.24, 2.45) is 0 Å². The minimum Gasteiger partial charge on any atom is -0.408 e. The average Bonchev–Trinajstić information content (AvgIpc) is 2.67. The molecule has 0 aliphatic carbocycles. The fourth-order valence-corrected chi connectivity index (χ4v) is 1.57. The van der Waals surface area contributed by atoms with Crippen molar-refractivity contribution in [1.29, 1.82) is 0 Å². The summed E-state index contributed by atoms with van der Waals surface area (Å²) < 4.78 is 4.89. The third-order valence-electron chi connectivity index (χ3n) is 2.41. The predicted octanol–water partition coefficient (Wildman–Crippen LogP) is 1.27. The lowest BCUT2D eigenvalue weighted by molar-refractivity contribution is -0.116. The van der Waals surface area contributed by atoms with Crippen molar-refractivity contribution < 1.29 is 9.21 Å². The third kappa shape index (κ3) is 2.28. The molecule has 2 rings (SSSR count). The molecule has 0 spiro atoms. The van der Waals surface area contributed by atoms with Crippen molar-refractivity contribution in [3.8, 4) is 0 Å². The molecular formula is C12H12N2O3. The van der Waals surface area contributed by atoms with E-state index in [9.17, 15) is 9.59 Å². The first kappa shape index (κ1) is 11.2. The summed E-state index contributed by atoms with van der Waals surface area (Å²) in [6, 6.07) is 5.23. The van der Waals surface area contributed by atoms with Crippen LogP contribution in [-0.4, -0.2) is 17.9 Å². The number of amides is 1. The van der Waals surface area contributed by atoms with E-state index in [1.807, 2.05) is 0 Å². The summed E-state index contributed by atoms with van der Waals surface area (Å²) >= 11 is 0. The number of hydrogen-bond donors (Lipinski definition) is 2. The lowest BCUT2D eigenvalue weighted by Crippen LogP contribution is -2.18. The molecule has 0 radical (unpaired) electrons. The Morgan fingerprint density at radius 1 is 1.47 bits per heavy atom. The van der Waals surface area contributed by atoms with Crippen LogP contribution in [0.15, 0.2) is 33.0 Å². The van der Waals surface area contributed by atoms with Crippen LogP contribution in [0.1, 0.15) is 12.5 Å². The highest BCUT2D eigenvalue weighted by Crippen LogP contribution is 2.14. The molecule has 5 nitrogen and oxygen atoms in total. The number of likely N-dealkylation sites (N-methyl/N-ethyl adjacent to an activating group) is 1. The van der Waals surface area contributed by atoms with Crippen LogP contribution in [0, 0.1) is 0 Å². The monoisotopic (exact) mass is 232 g/mol. The van der Waals surface area contributed by atoms with E-state index in [-0.39, 0.29) is 5.91 Å². The maximum Gasteiger partial charge on any atom is 0.417 e. The Morgan fingerprint density at radius 3 is 2.94 bits per heavy atom. The molecule has 1 aromatic carbocycles. The third-order valence-corrected chi connectivity index (χ3v) is 2.41. The van der Waals surface area contributed by atoms with Gasteiger partial charge in [0.1, 0.15) is 0 Å². The van der Waals surface area contributed by atoms with Gasteiger partial charge in [-0.15, -0.1) is 0 Å². The maximum atomic E-state index is 11.3. The second-order valence-corrected chi connectivity index (χ2v) is 3.68. The first-order valence-corrected chi connectivity index (χ1v) is 5.13. The summed E-state index contributed by atoms with van der Waals surface area (Å²) in [4.78, 5) is 24.9. The van der Waals surface area contributed by atoms with Crippen LogP contribution in [0.3, 0.4) is 0 Å². The quantitative estimate of drug-likeness (QED) is 0.765. The fourth-order valence-electron chi connectivity index (χ4n) is 1.57. The summed E-state index contributed by atoms with van der Waals surface area (Å²) in [5.74, 6) is -0.616. The van der Waals surface area contributed by atoms with E-state index in [0.29, 0.717) is 16.7 Å². The summed E-state index contributed by atoms with van der Waals surface area (Å²) in [6.45, 7) is 1.72. The highest BCUT2D eigenvalue weighted by Gasteiger charge is 2.03. The molecule has 0 bridgehead atoms. The number of carbonyl (C=O) groups is 1. The number of hydrogen-bond acceptors (Lipinski definition) is 3. The molecule has 88 valence electrons. The van der Waals surface area contributed by atoms with E-state index in [1.165, 1.54) is 0 Å². The molecule has 2 aromatic rings. The van der Waals surface area contributed by atoms with Crippen molar-refractivity contribution >= 4 is 23.1 Å². The summed E-state index contributed by atoms with van der Waals surface area (Å²) in [5, 5.41) is 2.54. The molecule has 1 amide bonds. The van der Waals surface area contributed by atoms with Crippen LogP contribution in [0.25, 0.3) is 17.2 Å². The van der Waals surface area contributed by atoms with Gasteiger partial charge in [-0.25, -0.2) is 4.79 Å². The lowest BCUT2D eigenvalue weighted by atomic mass is 10.1. The standard InChI is InChI=1S/C12H12N2O3/c1-7(11(15)13-2)5-8-3-4-10-9(6-8)14-12(16)17-10/h3-6H,1-2H3,(H,13,15)(H,14,16)/b7-5+. The Labute approximate surface area is 97.1 Å². The molecule has 0 aliphatic rings. The summed E-state index contributed by atoms with van der Waals surface area (Å²) in [6.07, 6.45) is 1.74. The zero-order chi connectivity index (χ0) is 12.4. The van der Waals surface area contributed by atoms with Gasteiger partial charge in [-0.1, -0.05) is 6.07 Å². The van der Waals surface area contributed by atoms with Crippen LogP contribution in [-0.2, 0) is 4.79 Å². The van der Waals surface area contributed by atoms with Gasteiger partial charge in [0, 0.05) is 12.6 Å². The van der Waals surface area contributed by atoms with Gasteiger partial charge in [0.2, 0.25) is 5.91 Å². The number of rotatable bonds is 2. The van der Waals surface area contributed by atoms with Crippen LogP contribution in [0.4, 0.5) is 0 Å². The lowest BCUT2D eigenvalue weighted by Gasteiger charge is -1.99. The highest BCUT2D eigenvalue weighted by atomic mass is 16.4. The van der Waals surface area contributed by atoms with Gasteiger partial charge in [0.15, 0.2) is 5.58 Å². The minimum absolute atomic E-state index is 0.134. The van der Waals surface area contributed by atoms with Crippen molar-refractivity contribution in [2.75, 3.05) is 7.05 Å². The molecule has 17 heavy (non-hydrogen) atoms. The molecule has 0 atom stereocenters. The van der Waals surface area contributed by atoms with Crippen LogP contribution in [0.2, 0.25) is 0 Å². The van der Waals surface area contributed by atoms with Gasteiger partial charge < -0.3 is 9.73 Å². The largest absolute Gasteiger partial charge is 0.417 e. The van der Waals surface area contributed by atoms with Gasteiger partial charge in [-0.3, -0.25) is 9.78 Å². The van der Waals surface area contributed by atoms with Gasteiger partial charge in [-0.05, 0) is 30.7 Å². The number of benzene rings is 1. The number of aromatic nitrogens is 1. The first-order valence-electron chi connectivity index (χ1n) is 5.13. The second kappa shape index (κ2) is 4.29. The number of nitrogens with one attached hydrogen (secondary N) is 2. The Bertz CT molecular complexity index is 649. The Kier molecular flexibility index (Phi) is 2.82. The molecule has 0 unspecified atom stereocenters. The molecule has 5 heteroatoms. The second-order valence-electron chi connectivity index (χ2n) is 3.68. The van der Waals surface area contributed by atoms with Gasteiger partial charge in [0.25, 0.3) is 0 Å². The molecule has 1 aromatic heterocycles. The van der Waals surface area contributed by atoms with E-state index in [0.717, 1.165) is 5.56 Å². The van der Waals surface area contributed by atoms with E-state index in [1.54, 1.807) is 38.2 Å². The van der Waals surface area contributed by atoms with Crippen molar-refractivity contribution in [2.45, 2.75) is 6.92 Å². The van der Waals surface area contributed by atoms with Crippen molar-refractivity contribution in [3.05, 3.63) is 39.9 Å². The Hall–Kier alpha value is -2.30. The molecular weight excluding hydrogens is 220 g/mol. The summed E-state index contributed by atoms with van der Waals surface area (Å²) in [7, 11) is 1.58. The highest BCUT2D eigenvalue weighted by molar-refractivity contribution is 5.97. The van der Waals surface area contributed by atoms with E-state index in [2.05, 4.69) is 10.3 Å². The maximum absolute atomic E-state index is 11.3. The zero-order valence-electron chi connectivity index (χ0n) is 9.53. The number of fused-ring (bicyclic) bond motifs is 1. The van der Waals surface area contributed by atoms with Crippen LogP contribution < -0.4 is 11.1 Å². The van der Waals surface area contributed by atoms with Gasteiger partial charge in [0.05, 0.1) is 5.52 Å². The van der Waals surface area contributed by atoms with E-state index < -0.39 is 5.76 Å². The SMILES string of the molecule is CNC(=O)/C(C)=C/c1ccc2oc(=O)[nH]c2c1. The molecule has 2 N–H and O–H groups in total. The minimum atomic E-state index is -0.482. The predicted molar refractivity (Wildman–Crippen MR) is 64.6 cm³/mol. The van der Waals surface area contributed by atoms with Crippen molar-refractivity contribution in [3.63, 3.8) is 0 Å². The van der Waals surface area contributed by atoms with E-state index >= 15 is 0 Å². The molecule has 0 aliphatic heterocycles. The normalized spacial score (nSPS) is 11.8. The topological polar surface area (TPSA) is 75.1 Å². The van der Waals surface area contributed by atoms with Crippen LogP contribution in [0.5, 0.6) is 0 Å². The Balaban J connectivity index is 2.43. The number of oxazole rings is 1. The van der Waals surface area contributed by atoms with Crippen molar-refractivity contribution in [1.82, 2.24) is 10.3 Å². The molecule has 0 fully saturated rings. The van der Waals surface area contributed by atoms with Gasteiger partial charge in [-0.2, -0.15) is 0 Å². The van der Waals surface area contributed by atoms with Gasteiger partial charge >= 0.3 is 5.76 Å². The van der Waals surface area contributed by atoms with Crippen LogP contribution >= 0.6 is 0 Å².